The Morgan fingerprint density at radius 3 is 1.13 bits per heavy atom. The molecule has 0 saturated carbocycles. The van der Waals surface area contributed by atoms with Crippen LogP contribution < -0.4 is 46.3 Å². The lowest BCUT2D eigenvalue weighted by molar-refractivity contribution is -0.724. The molecule has 27 nitrogen and oxygen atoms in total. The van der Waals surface area contributed by atoms with E-state index < -0.39 is 0 Å². The van der Waals surface area contributed by atoms with Crippen LogP contribution in [0.25, 0.3) is 0 Å². The van der Waals surface area contributed by atoms with Crippen molar-refractivity contribution in [3.05, 3.63) is 191 Å². The number of aromatic nitrogens is 11. The minimum Gasteiger partial charge on any atom is -0.338 e. The molecule has 0 atom stereocenters. The SMILES string of the molecule is CC(C)C(=O)N1CCC[n+]2ccn(C(C)C)c21.CC(C)C(=O)N1CC[n+]2ccn(C(C)C)c2C1.CC(C)C(=O)N1CCc2c(ccc[n+]2C(C)C)C1.CC(C)C(=O)N1CCc2c1[nH]c[n+]2C(C)C.CC(C)C(=O)N1CCc2c[n+](C(C)C)ccc2C1.CC(C)C(=O)N1CCc2cc[n+](C(C)C)cc2C1.CC(C)C(=O)N1CCc2ccc[n+](C(C)C)c2C1.CC(C)C(=O)N1Cc2cc[n+](C(C)C)cc2C1. The van der Waals surface area contributed by atoms with Crippen molar-refractivity contribution in [3.8, 4) is 0 Å². The molecule has 0 radical (unpaired) electrons. The number of anilines is 2. The normalized spacial score (nSPS) is 15.1. The Bertz CT molecular complexity index is 5460. The fraction of sp³-hybridized carbons (Fsp3) is 0.625. The summed E-state index contributed by atoms with van der Waals surface area (Å²) in [5.41, 5.74) is 14.6. The van der Waals surface area contributed by atoms with Gasteiger partial charge in [-0.25, -0.2) is 46.1 Å². The Morgan fingerprint density at radius 1 is 0.281 bits per heavy atom. The third-order valence-corrected chi connectivity index (χ3v) is 27.3. The van der Waals surface area contributed by atoms with E-state index in [1.165, 1.54) is 67.4 Å². The van der Waals surface area contributed by atoms with Crippen LogP contribution in [0.2, 0.25) is 0 Å². The van der Waals surface area contributed by atoms with E-state index in [9.17, 15) is 38.4 Å². The first kappa shape index (κ1) is 112. The van der Waals surface area contributed by atoms with Crippen molar-refractivity contribution in [1.29, 1.82) is 0 Å². The van der Waals surface area contributed by atoms with Crippen molar-refractivity contribution in [2.45, 2.75) is 367 Å². The first-order chi connectivity index (χ1) is 65.5. The van der Waals surface area contributed by atoms with Crippen LogP contribution in [0.3, 0.4) is 0 Å². The summed E-state index contributed by atoms with van der Waals surface area (Å²) in [4.78, 5) is 115. The van der Waals surface area contributed by atoms with Crippen molar-refractivity contribution >= 4 is 59.0 Å². The maximum absolute atomic E-state index is 12.2. The highest BCUT2D eigenvalue weighted by Gasteiger charge is 2.40. The highest BCUT2D eigenvalue weighted by molar-refractivity contribution is 5.95. The number of carbonyl (C=O) groups excluding carboxylic acids is 8. The van der Waals surface area contributed by atoms with Crippen molar-refractivity contribution in [1.82, 2.24) is 43.5 Å². The van der Waals surface area contributed by atoms with Gasteiger partial charge in [0.1, 0.15) is 32.0 Å². The van der Waals surface area contributed by atoms with Crippen LogP contribution in [0.15, 0.2) is 123 Å². The van der Waals surface area contributed by atoms with Gasteiger partial charge in [0.15, 0.2) is 91.2 Å². The van der Waals surface area contributed by atoms with Gasteiger partial charge in [-0.05, 0) is 159 Å². The molecule has 0 unspecified atom stereocenters. The van der Waals surface area contributed by atoms with Gasteiger partial charge in [0, 0.05) is 164 Å². The van der Waals surface area contributed by atoms with Gasteiger partial charge in [-0.3, -0.25) is 43.3 Å². The Hall–Kier alpha value is -10.9. The number of pyridine rings is 5. The van der Waals surface area contributed by atoms with Gasteiger partial charge in [0.05, 0.1) is 76.2 Å². The monoisotopic (exact) mass is 1920 g/mol. The molecule has 0 aliphatic carbocycles. The molecule has 8 aliphatic heterocycles. The molecule has 0 bridgehead atoms. The van der Waals surface area contributed by atoms with Crippen LogP contribution in [0.5, 0.6) is 0 Å². The molecule has 139 heavy (non-hydrogen) atoms. The molecule has 8 amide bonds. The zero-order valence-corrected chi connectivity index (χ0v) is 91.2. The van der Waals surface area contributed by atoms with Crippen LogP contribution in [0, 0.1) is 47.3 Å². The number of carbonyl (C=O) groups is 8. The van der Waals surface area contributed by atoms with Crippen LogP contribution in [-0.4, -0.2) is 137 Å². The van der Waals surface area contributed by atoms with Gasteiger partial charge in [-0.15, -0.1) is 0 Å². The van der Waals surface area contributed by atoms with Crippen LogP contribution in [-0.2, 0) is 129 Å². The number of hydrogen-bond donors (Lipinski definition) is 1. The number of nitrogens with one attached hydrogen (secondary N) is 1. The minimum absolute atomic E-state index is 0.0528. The van der Waals surface area contributed by atoms with E-state index >= 15 is 0 Å². The fourth-order valence-electron chi connectivity index (χ4n) is 19.0. The molecule has 1 N–H and O–H groups in total. The number of nitrogens with zero attached hydrogens (tertiary/aromatic N) is 18. The number of H-pyrrole nitrogens is 1. The molecule has 8 aliphatic rings. The average Bonchev–Trinajstić information content (AvgIpc) is 1.65. The molecule has 16 rings (SSSR count). The molecular weight excluding hydrogens is 1740 g/mol. The van der Waals surface area contributed by atoms with E-state index in [2.05, 4.69) is 278 Å². The number of amides is 8. The predicted molar refractivity (Wildman–Crippen MR) is 544 cm³/mol. The van der Waals surface area contributed by atoms with Crippen LogP contribution in [0.1, 0.15) is 344 Å². The number of aromatic amines is 1. The molecule has 0 spiro atoms. The van der Waals surface area contributed by atoms with Gasteiger partial charge in [0.25, 0.3) is 11.7 Å². The summed E-state index contributed by atoms with van der Waals surface area (Å²) in [7, 11) is 0. The standard InChI is InChI=1S/4C15H23N2O.C14H21N2O.2C13H22N3O.C12H19N3O/c1-11(2)15(18)17-8-6-13-9-16(12(3)4)7-5-14(13)10-17;1-11(2)15(18)17-8-6-13-5-7-16(12(3)4)9-14(13)10-17;1-11(2)15(18)16-9-7-14-13(10-16)6-5-8-17(14)12(3)4;1-11(2)15(18)16-9-7-13-6-5-8-17(12(3)4)14(13)10-16;1-10(2)14(17)16-7-12-5-6-15(11(3)4)8-13(12)9-16;1-10(2)13(17)15-6-5-14-7-8-16(11(3)4)12(14)9-15;1-10(2)12(17)16-7-5-6-14-8-9-15(11(3)4)13(14)16;1-8(2)12(16)14-6-5-10-11(14)13-7-15(10)9(3)4/h2*5,7,9,11-12H,6,8,10H2,1-4H3;2*5-6,8,11-12H,7,9-10H2,1-4H3;5-6,8,10-11H,7,9H2,1-4H3;7-8,10-11H,5-6,9H2,1-4H3;8-11H,5-7H2,1-4H3;7-9H,5-6H2,1-4H3/q7*+1;/p+1. The van der Waals surface area contributed by atoms with Gasteiger partial charge in [-0.2, -0.15) is 9.47 Å². The van der Waals surface area contributed by atoms with E-state index in [0.29, 0.717) is 48.3 Å². The molecule has 0 saturated heterocycles. The van der Waals surface area contributed by atoms with Crippen LogP contribution >= 0.6 is 0 Å². The highest BCUT2D eigenvalue weighted by Crippen LogP contribution is 2.30. The van der Waals surface area contributed by atoms with Crippen LogP contribution in [0.4, 0.5) is 11.8 Å². The third-order valence-electron chi connectivity index (χ3n) is 27.3. The summed E-state index contributed by atoms with van der Waals surface area (Å²) < 4.78 is 22.3. The molecule has 8 aromatic heterocycles. The topological polar surface area (TPSA) is 219 Å². The summed E-state index contributed by atoms with van der Waals surface area (Å²) in [6.45, 7) is 79.3. The largest absolute Gasteiger partial charge is 0.367 e. The average molecular weight is 1920 g/mol. The molecule has 760 valence electrons. The quantitative estimate of drug-likeness (QED) is 0.0915. The van der Waals surface area contributed by atoms with Crippen molar-refractivity contribution in [2.75, 3.05) is 55.6 Å². The molecule has 0 aromatic carbocycles. The zero-order chi connectivity index (χ0) is 103. The Kier molecular flexibility index (Phi) is 40.6. The molecule has 0 fully saturated rings. The Labute approximate surface area is 833 Å². The molecule has 8 aromatic rings. The number of imidazole rings is 3. The second kappa shape index (κ2) is 50.5. The van der Waals surface area contributed by atoms with E-state index in [1.807, 2.05) is 156 Å². The summed E-state index contributed by atoms with van der Waals surface area (Å²) in [5.74, 6) is 5.91. The van der Waals surface area contributed by atoms with Crippen molar-refractivity contribution < 1.29 is 74.9 Å². The fourth-order valence-corrected chi connectivity index (χ4v) is 19.0. The highest BCUT2D eigenvalue weighted by atomic mass is 16.2. The number of hydrogen-bond acceptors (Lipinski definition) is 8. The number of fused-ring (bicyclic) bond motifs is 8. The van der Waals surface area contributed by atoms with Gasteiger partial charge >= 0.3 is 5.95 Å². The summed E-state index contributed by atoms with van der Waals surface area (Å²) in [6.07, 6.45) is 33.5. The first-order valence-corrected chi connectivity index (χ1v) is 52.3. The minimum atomic E-state index is 0.0528. The lowest BCUT2D eigenvalue weighted by Gasteiger charge is -2.29. The van der Waals surface area contributed by atoms with Gasteiger partial charge in [-0.1, -0.05) is 111 Å². The summed E-state index contributed by atoms with van der Waals surface area (Å²) in [5, 5.41) is 0. The third kappa shape index (κ3) is 28.8. The van der Waals surface area contributed by atoms with E-state index in [-0.39, 0.29) is 94.6 Å². The van der Waals surface area contributed by atoms with E-state index in [0.717, 1.165) is 155 Å². The lowest BCUT2D eigenvalue weighted by Crippen LogP contribution is -2.52. The van der Waals surface area contributed by atoms with Gasteiger partial charge in [0.2, 0.25) is 59.2 Å². The molecule has 27 heteroatoms. The maximum atomic E-state index is 12.2. The molecular formula is C112H177N19O8+8. The predicted octanol–water partition coefficient (Wildman–Crippen LogP) is 15.0. The molecule has 16 heterocycles. The maximum Gasteiger partial charge on any atom is 0.367 e. The van der Waals surface area contributed by atoms with E-state index in [1.54, 1.807) is 0 Å². The lowest BCUT2D eigenvalue weighted by atomic mass is 10.0. The first-order valence-electron chi connectivity index (χ1n) is 52.3. The van der Waals surface area contributed by atoms with E-state index in [4.69, 9.17) is 0 Å². The smallest absolute Gasteiger partial charge is 0.338 e. The Balaban J connectivity index is 0.000000178. The van der Waals surface area contributed by atoms with Gasteiger partial charge < -0.3 is 29.4 Å². The second-order valence-corrected chi connectivity index (χ2v) is 43.7. The summed E-state index contributed by atoms with van der Waals surface area (Å²) in [6, 6.07) is 18.6. The van der Waals surface area contributed by atoms with Crippen molar-refractivity contribution in [2.24, 2.45) is 47.3 Å². The number of aryl methyl sites for hydroxylation is 1. The summed E-state index contributed by atoms with van der Waals surface area (Å²) >= 11 is 0. The van der Waals surface area contributed by atoms with Crippen molar-refractivity contribution in [3.63, 3.8) is 0 Å². The zero-order valence-electron chi connectivity index (χ0n) is 91.2. The number of rotatable bonds is 16. The second-order valence-electron chi connectivity index (χ2n) is 43.7. The Morgan fingerprint density at radius 2 is 0.647 bits per heavy atom.